The molecule has 0 aliphatic rings. The third-order valence-corrected chi connectivity index (χ3v) is 3.32. The molecule has 2 aromatic rings. The molecule has 0 bridgehead atoms. The molecule has 0 amide bonds. The number of halogens is 1. The van der Waals surface area contributed by atoms with Gasteiger partial charge in [-0.1, -0.05) is 6.07 Å². The molecule has 102 valence electrons. The number of nitrogens with one attached hydrogen (secondary N) is 1. The molecule has 1 heterocycles. The topological polar surface area (TPSA) is 28.4 Å². The Kier molecular flexibility index (Phi) is 4.22. The van der Waals surface area contributed by atoms with E-state index in [2.05, 4.69) is 5.32 Å². The molecular formula is C15H19FN2O. The molecule has 0 saturated carbocycles. The summed E-state index contributed by atoms with van der Waals surface area (Å²) in [6.45, 7) is 2.62. The second-order valence-electron chi connectivity index (χ2n) is 4.71. The Bertz CT molecular complexity index is 525. The molecule has 0 aliphatic heterocycles. The average Bonchev–Trinajstić information content (AvgIpc) is 2.90. The van der Waals surface area contributed by atoms with E-state index in [9.17, 15) is 4.39 Å². The van der Waals surface area contributed by atoms with Crippen LogP contribution in [0.2, 0.25) is 0 Å². The molecular weight excluding hydrogens is 243 g/mol. The van der Waals surface area contributed by atoms with Gasteiger partial charge in [-0.3, -0.25) is 0 Å². The number of hydrogen-bond acceptors (Lipinski definition) is 3. The summed E-state index contributed by atoms with van der Waals surface area (Å²) >= 11 is 0. The fourth-order valence-corrected chi connectivity index (χ4v) is 2.01. The van der Waals surface area contributed by atoms with Crippen LogP contribution in [0.4, 0.5) is 10.1 Å². The van der Waals surface area contributed by atoms with E-state index in [4.69, 9.17) is 4.42 Å². The Hall–Kier alpha value is -1.81. The fourth-order valence-electron chi connectivity index (χ4n) is 2.01. The second-order valence-corrected chi connectivity index (χ2v) is 4.71. The van der Waals surface area contributed by atoms with E-state index in [-0.39, 0.29) is 11.9 Å². The van der Waals surface area contributed by atoms with Gasteiger partial charge in [0.15, 0.2) is 0 Å². The zero-order valence-electron chi connectivity index (χ0n) is 11.5. The third-order valence-electron chi connectivity index (χ3n) is 3.32. The maximum absolute atomic E-state index is 14.1. The maximum Gasteiger partial charge on any atom is 0.146 e. The first-order valence-corrected chi connectivity index (χ1v) is 6.30. The molecule has 1 unspecified atom stereocenters. The number of anilines is 1. The Balaban J connectivity index is 2.16. The number of nitrogens with zero attached hydrogens (tertiary/aromatic N) is 1. The molecule has 0 spiro atoms. The van der Waals surface area contributed by atoms with Gasteiger partial charge in [0.2, 0.25) is 0 Å². The molecule has 0 fully saturated rings. The van der Waals surface area contributed by atoms with Crippen molar-refractivity contribution in [3.63, 3.8) is 0 Å². The van der Waals surface area contributed by atoms with E-state index in [0.717, 1.165) is 11.1 Å². The summed E-state index contributed by atoms with van der Waals surface area (Å²) < 4.78 is 19.2. The van der Waals surface area contributed by atoms with Gasteiger partial charge < -0.3 is 14.6 Å². The van der Waals surface area contributed by atoms with Crippen LogP contribution in [0.25, 0.3) is 0 Å². The van der Waals surface area contributed by atoms with Crippen molar-refractivity contribution in [1.82, 2.24) is 5.32 Å². The van der Waals surface area contributed by atoms with Crippen LogP contribution in [0.1, 0.15) is 24.1 Å². The fraction of sp³-hybridized carbons (Fsp3) is 0.333. The van der Waals surface area contributed by atoms with Crippen molar-refractivity contribution in [2.24, 2.45) is 0 Å². The van der Waals surface area contributed by atoms with E-state index in [1.165, 1.54) is 0 Å². The Labute approximate surface area is 113 Å². The molecule has 19 heavy (non-hydrogen) atoms. The smallest absolute Gasteiger partial charge is 0.146 e. The molecule has 3 nitrogen and oxygen atoms in total. The summed E-state index contributed by atoms with van der Waals surface area (Å²) in [7, 11) is 3.73. The molecule has 0 saturated heterocycles. The van der Waals surface area contributed by atoms with E-state index in [0.29, 0.717) is 12.2 Å². The van der Waals surface area contributed by atoms with E-state index >= 15 is 0 Å². The van der Waals surface area contributed by atoms with Gasteiger partial charge in [-0.15, -0.1) is 0 Å². The van der Waals surface area contributed by atoms with Gasteiger partial charge >= 0.3 is 0 Å². The number of rotatable bonds is 5. The number of benzene rings is 1. The van der Waals surface area contributed by atoms with Gasteiger partial charge in [0.25, 0.3) is 0 Å². The molecule has 1 aromatic heterocycles. The molecule has 1 aromatic carbocycles. The van der Waals surface area contributed by atoms with Crippen molar-refractivity contribution in [2.45, 2.75) is 19.5 Å². The monoisotopic (exact) mass is 262 g/mol. The largest absolute Gasteiger partial charge is 0.472 e. The van der Waals surface area contributed by atoms with E-state index < -0.39 is 0 Å². The lowest BCUT2D eigenvalue weighted by Crippen LogP contribution is -2.18. The minimum atomic E-state index is -0.203. The Morgan fingerprint density at radius 2 is 2.16 bits per heavy atom. The standard InChI is InChI=1S/C15H19FN2O/c1-11(17-2)13-4-5-15(14(16)8-13)18(3)9-12-6-7-19-10-12/h4-8,10-11,17H,9H2,1-3H3. The lowest BCUT2D eigenvalue weighted by atomic mass is 10.1. The van der Waals surface area contributed by atoms with Crippen LogP contribution >= 0.6 is 0 Å². The van der Waals surface area contributed by atoms with Crippen molar-refractivity contribution in [2.75, 3.05) is 19.0 Å². The lowest BCUT2D eigenvalue weighted by Gasteiger charge is -2.20. The quantitative estimate of drug-likeness (QED) is 0.896. The van der Waals surface area contributed by atoms with Gasteiger partial charge in [-0.05, 0) is 37.7 Å². The normalized spacial score (nSPS) is 12.4. The molecule has 1 atom stereocenters. The average molecular weight is 262 g/mol. The lowest BCUT2D eigenvalue weighted by molar-refractivity contribution is 0.563. The SMILES string of the molecule is CNC(C)c1ccc(N(C)Cc2ccoc2)c(F)c1. The third kappa shape index (κ3) is 3.15. The second kappa shape index (κ2) is 5.89. The summed E-state index contributed by atoms with van der Waals surface area (Å²) in [6.07, 6.45) is 3.29. The van der Waals surface area contributed by atoms with Crippen LogP contribution < -0.4 is 10.2 Å². The van der Waals surface area contributed by atoms with Crippen molar-refractivity contribution >= 4 is 5.69 Å². The van der Waals surface area contributed by atoms with Crippen LogP contribution in [0.15, 0.2) is 41.2 Å². The van der Waals surface area contributed by atoms with E-state index in [1.54, 1.807) is 18.6 Å². The van der Waals surface area contributed by atoms with Crippen LogP contribution in [-0.2, 0) is 6.54 Å². The highest BCUT2D eigenvalue weighted by molar-refractivity contribution is 5.49. The van der Waals surface area contributed by atoms with Crippen LogP contribution in [0.3, 0.4) is 0 Å². The van der Waals surface area contributed by atoms with Crippen LogP contribution in [-0.4, -0.2) is 14.1 Å². The summed E-state index contributed by atoms with van der Waals surface area (Å²) in [4.78, 5) is 1.87. The number of furan rings is 1. The summed E-state index contributed by atoms with van der Waals surface area (Å²) in [6, 6.07) is 7.38. The van der Waals surface area contributed by atoms with Gasteiger partial charge in [0.1, 0.15) is 5.82 Å². The Morgan fingerprint density at radius 1 is 1.37 bits per heavy atom. The van der Waals surface area contributed by atoms with Gasteiger partial charge in [0, 0.05) is 25.2 Å². The molecule has 4 heteroatoms. The zero-order valence-corrected chi connectivity index (χ0v) is 11.5. The molecule has 2 rings (SSSR count). The first kappa shape index (κ1) is 13.6. The minimum Gasteiger partial charge on any atom is -0.472 e. The first-order chi connectivity index (χ1) is 9.11. The van der Waals surface area contributed by atoms with Gasteiger partial charge in [-0.25, -0.2) is 4.39 Å². The van der Waals surface area contributed by atoms with Gasteiger partial charge in [-0.2, -0.15) is 0 Å². The van der Waals surface area contributed by atoms with Crippen molar-refractivity contribution in [3.05, 3.63) is 53.7 Å². The Morgan fingerprint density at radius 3 is 2.74 bits per heavy atom. The van der Waals surface area contributed by atoms with Gasteiger partial charge in [0.05, 0.1) is 18.2 Å². The summed E-state index contributed by atoms with van der Waals surface area (Å²) in [5.41, 5.74) is 2.56. The maximum atomic E-state index is 14.1. The molecule has 0 aliphatic carbocycles. The highest BCUT2D eigenvalue weighted by Crippen LogP contribution is 2.23. The molecule has 0 radical (unpaired) electrons. The summed E-state index contributed by atoms with van der Waals surface area (Å²) in [5.74, 6) is -0.203. The van der Waals surface area contributed by atoms with Crippen LogP contribution in [0.5, 0.6) is 0 Å². The predicted octanol–water partition coefficient (Wildman–Crippen LogP) is 3.34. The van der Waals surface area contributed by atoms with Crippen LogP contribution in [0, 0.1) is 5.82 Å². The summed E-state index contributed by atoms with van der Waals surface area (Å²) in [5, 5.41) is 3.10. The predicted molar refractivity (Wildman–Crippen MR) is 74.7 cm³/mol. The minimum absolute atomic E-state index is 0.141. The first-order valence-electron chi connectivity index (χ1n) is 6.30. The van der Waals surface area contributed by atoms with E-state index in [1.807, 2.05) is 44.1 Å². The van der Waals surface area contributed by atoms with Crippen molar-refractivity contribution in [3.8, 4) is 0 Å². The highest BCUT2D eigenvalue weighted by Gasteiger charge is 2.11. The van der Waals surface area contributed by atoms with Crippen molar-refractivity contribution < 1.29 is 8.81 Å². The van der Waals surface area contributed by atoms with Crippen molar-refractivity contribution in [1.29, 1.82) is 0 Å². The molecule has 1 N–H and O–H groups in total. The zero-order chi connectivity index (χ0) is 13.8. The highest BCUT2D eigenvalue weighted by atomic mass is 19.1. The number of hydrogen-bond donors (Lipinski definition) is 1.